The van der Waals surface area contributed by atoms with Gasteiger partial charge in [0.05, 0.1) is 0 Å². The molecule has 1 nitrogen and oxygen atoms in total. The van der Waals surface area contributed by atoms with Gasteiger partial charge in [-0.05, 0) is 19.7 Å². The molecule has 1 aromatic carbocycles. The lowest BCUT2D eigenvalue weighted by molar-refractivity contribution is 0.384. The Bertz CT molecular complexity index is 233. The first-order valence-corrected chi connectivity index (χ1v) is 5.03. The molecule has 0 aliphatic carbocycles. The molecule has 0 N–H and O–H groups in total. The van der Waals surface area contributed by atoms with Crippen molar-refractivity contribution >= 4 is 11.6 Å². The molecule has 0 radical (unpaired) electrons. The molecule has 1 unspecified atom stereocenters. The van der Waals surface area contributed by atoms with Gasteiger partial charge < -0.3 is 4.90 Å². The van der Waals surface area contributed by atoms with Crippen LogP contribution in [-0.4, -0.2) is 31.4 Å². The van der Waals surface area contributed by atoms with E-state index in [1.165, 1.54) is 5.56 Å². The van der Waals surface area contributed by atoms with Gasteiger partial charge in [-0.2, -0.15) is 0 Å². The molecule has 0 fully saturated rings. The maximum atomic E-state index is 5.92. The molecule has 1 aromatic rings. The number of alkyl halides is 1. The van der Waals surface area contributed by atoms with E-state index >= 15 is 0 Å². The zero-order valence-corrected chi connectivity index (χ0v) is 8.96. The van der Waals surface area contributed by atoms with Crippen LogP contribution in [0, 0.1) is 0 Å². The quantitative estimate of drug-likeness (QED) is 0.671. The van der Waals surface area contributed by atoms with Crippen LogP contribution in [0.2, 0.25) is 0 Å². The predicted octanol–water partition coefficient (Wildman–Crippen LogP) is 2.57. The zero-order chi connectivity index (χ0) is 9.68. The number of halogens is 1. The van der Waals surface area contributed by atoms with Crippen LogP contribution < -0.4 is 0 Å². The van der Waals surface area contributed by atoms with Crippen molar-refractivity contribution in [2.75, 3.05) is 26.5 Å². The van der Waals surface area contributed by atoms with Gasteiger partial charge in [0.15, 0.2) is 0 Å². The van der Waals surface area contributed by atoms with E-state index in [1.54, 1.807) is 0 Å². The van der Waals surface area contributed by atoms with Crippen molar-refractivity contribution in [2.24, 2.45) is 0 Å². The number of rotatable bonds is 4. The lowest BCUT2D eigenvalue weighted by Gasteiger charge is -2.18. The first-order valence-electron chi connectivity index (χ1n) is 4.49. The molecular formula is C11H16ClN. The van der Waals surface area contributed by atoms with Gasteiger partial charge in [-0.1, -0.05) is 30.3 Å². The summed E-state index contributed by atoms with van der Waals surface area (Å²) >= 11 is 5.92. The summed E-state index contributed by atoms with van der Waals surface area (Å²) in [4.78, 5) is 2.17. The maximum absolute atomic E-state index is 5.92. The highest BCUT2D eigenvalue weighted by Gasteiger charge is 2.10. The summed E-state index contributed by atoms with van der Waals surface area (Å²) in [7, 11) is 4.14. The van der Waals surface area contributed by atoms with Crippen molar-refractivity contribution in [1.82, 2.24) is 4.90 Å². The second-order valence-electron chi connectivity index (χ2n) is 3.52. The van der Waals surface area contributed by atoms with Crippen molar-refractivity contribution < 1.29 is 0 Å². The summed E-state index contributed by atoms with van der Waals surface area (Å²) in [6.07, 6.45) is 0. The Morgan fingerprint density at radius 3 is 2.31 bits per heavy atom. The Balaban J connectivity index is 2.67. The van der Waals surface area contributed by atoms with Crippen molar-refractivity contribution in [1.29, 1.82) is 0 Å². The second-order valence-corrected chi connectivity index (χ2v) is 3.83. The molecule has 0 aromatic heterocycles. The Morgan fingerprint density at radius 2 is 1.85 bits per heavy atom. The third-order valence-electron chi connectivity index (χ3n) is 2.04. The summed E-state index contributed by atoms with van der Waals surface area (Å²) in [5, 5.41) is 0. The Morgan fingerprint density at radius 1 is 1.23 bits per heavy atom. The second kappa shape index (κ2) is 5.25. The van der Waals surface area contributed by atoms with Crippen LogP contribution in [0.25, 0.3) is 0 Å². The molecular weight excluding hydrogens is 182 g/mol. The van der Waals surface area contributed by atoms with E-state index in [0.29, 0.717) is 11.8 Å². The largest absolute Gasteiger partial charge is 0.309 e. The average molecular weight is 198 g/mol. The number of hydrogen-bond donors (Lipinski definition) is 0. The smallest absolute Gasteiger partial charge is 0.0304 e. The summed E-state index contributed by atoms with van der Waals surface area (Å²) in [5.41, 5.74) is 1.33. The van der Waals surface area contributed by atoms with Gasteiger partial charge in [-0.15, -0.1) is 11.6 Å². The van der Waals surface area contributed by atoms with E-state index < -0.39 is 0 Å². The fourth-order valence-electron chi connectivity index (χ4n) is 1.41. The normalized spacial score (nSPS) is 13.2. The van der Waals surface area contributed by atoms with E-state index in [4.69, 9.17) is 11.6 Å². The summed E-state index contributed by atoms with van der Waals surface area (Å²) < 4.78 is 0. The minimum Gasteiger partial charge on any atom is -0.309 e. The van der Waals surface area contributed by atoms with Crippen LogP contribution in [0.1, 0.15) is 11.5 Å². The number of benzene rings is 1. The first kappa shape index (κ1) is 10.6. The highest BCUT2D eigenvalue weighted by molar-refractivity contribution is 6.18. The van der Waals surface area contributed by atoms with Crippen LogP contribution in [0.15, 0.2) is 30.3 Å². The van der Waals surface area contributed by atoms with Crippen LogP contribution in [0.5, 0.6) is 0 Å². The van der Waals surface area contributed by atoms with Crippen LogP contribution in [0.4, 0.5) is 0 Å². The van der Waals surface area contributed by atoms with Crippen molar-refractivity contribution in [3.05, 3.63) is 35.9 Å². The molecule has 0 saturated carbocycles. The molecule has 0 bridgehead atoms. The summed E-state index contributed by atoms with van der Waals surface area (Å²) in [5.74, 6) is 1.13. The van der Waals surface area contributed by atoms with Gasteiger partial charge in [0.25, 0.3) is 0 Å². The van der Waals surface area contributed by atoms with Crippen LogP contribution in [0.3, 0.4) is 0 Å². The summed E-state index contributed by atoms with van der Waals surface area (Å²) in [6.45, 7) is 1.01. The van der Waals surface area contributed by atoms with E-state index in [2.05, 4.69) is 43.3 Å². The Kier molecular flexibility index (Phi) is 4.26. The fraction of sp³-hybridized carbons (Fsp3) is 0.455. The third kappa shape index (κ3) is 3.37. The predicted molar refractivity (Wildman–Crippen MR) is 58.5 cm³/mol. The van der Waals surface area contributed by atoms with Crippen molar-refractivity contribution in [3.8, 4) is 0 Å². The number of hydrogen-bond acceptors (Lipinski definition) is 1. The van der Waals surface area contributed by atoms with Gasteiger partial charge in [0.1, 0.15) is 0 Å². The molecule has 0 spiro atoms. The maximum Gasteiger partial charge on any atom is 0.0304 e. The third-order valence-corrected chi connectivity index (χ3v) is 2.42. The zero-order valence-electron chi connectivity index (χ0n) is 8.20. The topological polar surface area (TPSA) is 3.24 Å². The van der Waals surface area contributed by atoms with Crippen molar-refractivity contribution in [3.63, 3.8) is 0 Å². The Hall–Kier alpha value is -0.530. The molecule has 1 atom stereocenters. The standard InChI is InChI=1S/C11H16ClN/c1-13(2)9-11(8-12)10-6-4-3-5-7-10/h3-7,11H,8-9H2,1-2H3. The highest BCUT2D eigenvalue weighted by Crippen LogP contribution is 2.17. The van der Waals surface area contributed by atoms with E-state index in [0.717, 1.165) is 6.54 Å². The molecule has 0 aliphatic heterocycles. The van der Waals surface area contributed by atoms with E-state index in [-0.39, 0.29) is 0 Å². The fourth-order valence-corrected chi connectivity index (χ4v) is 1.69. The van der Waals surface area contributed by atoms with E-state index in [1.807, 2.05) is 6.07 Å². The van der Waals surface area contributed by atoms with Gasteiger partial charge in [0, 0.05) is 18.3 Å². The average Bonchev–Trinajstić information content (AvgIpc) is 2.15. The highest BCUT2D eigenvalue weighted by atomic mass is 35.5. The monoisotopic (exact) mass is 197 g/mol. The van der Waals surface area contributed by atoms with Gasteiger partial charge in [-0.25, -0.2) is 0 Å². The molecule has 2 heteroatoms. The molecule has 1 rings (SSSR count). The minimum absolute atomic E-state index is 0.442. The lowest BCUT2D eigenvalue weighted by atomic mass is 10.0. The van der Waals surface area contributed by atoms with Gasteiger partial charge >= 0.3 is 0 Å². The summed E-state index contributed by atoms with van der Waals surface area (Å²) in [6, 6.07) is 10.4. The van der Waals surface area contributed by atoms with E-state index in [9.17, 15) is 0 Å². The molecule has 0 amide bonds. The number of likely N-dealkylation sites (N-methyl/N-ethyl adjacent to an activating group) is 1. The minimum atomic E-state index is 0.442. The SMILES string of the molecule is CN(C)CC(CCl)c1ccccc1. The van der Waals surface area contributed by atoms with Gasteiger partial charge in [0.2, 0.25) is 0 Å². The number of nitrogens with zero attached hydrogens (tertiary/aromatic N) is 1. The van der Waals surface area contributed by atoms with Crippen LogP contribution >= 0.6 is 11.6 Å². The molecule has 72 valence electrons. The van der Waals surface area contributed by atoms with Crippen molar-refractivity contribution in [2.45, 2.75) is 5.92 Å². The molecule has 0 heterocycles. The molecule has 0 saturated heterocycles. The van der Waals surface area contributed by atoms with Gasteiger partial charge in [-0.3, -0.25) is 0 Å². The first-order chi connectivity index (χ1) is 6.24. The molecule has 0 aliphatic rings. The lowest BCUT2D eigenvalue weighted by Crippen LogP contribution is -2.21. The van der Waals surface area contributed by atoms with Crippen LogP contribution in [-0.2, 0) is 0 Å². The Labute approximate surface area is 85.3 Å². The molecule has 13 heavy (non-hydrogen) atoms.